The maximum atomic E-state index is 11.8. The van der Waals surface area contributed by atoms with Crippen LogP contribution in [-0.4, -0.2) is 54.6 Å². The molecule has 20 heavy (non-hydrogen) atoms. The van der Waals surface area contributed by atoms with Crippen LogP contribution in [0.15, 0.2) is 18.5 Å². The second-order valence-electron chi connectivity index (χ2n) is 4.41. The van der Waals surface area contributed by atoms with E-state index in [4.69, 9.17) is 0 Å². The van der Waals surface area contributed by atoms with E-state index >= 15 is 0 Å². The van der Waals surface area contributed by atoms with Gasteiger partial charge in [0.15, 0.2) is 0 Å². The van der Waals surface area contributed by atoms with Gasteiger partial charge in [-0.05, 0) is 13.0 Å². The van der Waals surface area contributed by atoms with Crippen LogP contribution in [0, 0.1) is 10.1 Å². The fourth-order valence-electron chi connectivity index (χ4n) is 2.18. The maximum absolute atomic E-state index is 11.8. The van der Waals surface area contributed by atoms with E-state index in [2.05, 4.69) is 4.98 Å². The van der Waals surface area contributed by atoms with E-state index in [0.717, 1.165) is 0 Å². The second kappa shape index (κ2) is 5.71. The molecule has 0 atom stereocenters. The van der Waals surface area contributed by atoms with Gasteiger partial charge in [-0.3, -0.25) is 15.1 Å². The molecule has 8 nitrogen and oxygen atoms in total. The van der Waals surface area contributed by atoms with Crippen LogP contribution in [0.5, 0.6) is 0 Å². The van der Waals surface area contributed by atoms with Gasteiger partial charge in [-0.1, -0.05) is 0 Å². The van der Waals surface area contributed by atoms with Gasteiger partial charge in [0.1, 0.15) is 11.9 Å². The molecule has 2 rings (SSSR count). The Hall–Kier alpha value is -1.74. The van der Waals surface area contributed by atoms with Crippen molar-refractivity contribution in [2.45, 2.75) is 6.92 Å². The molecule has 1 aromatic rings. The van der Waals surface area contributed by atoms with Crippen molar-refractivity contribution in [3.05, 3.63) is 28.6 Å². The quantitative estimate of drug-likeness (QED) is 0.592. The zero-order valence-electron chi connectivity index (χ0n) is 11.1. The SMILES string of the molecule is CCS(=O)(=O)N1CCN(c2ccncc2[N+](=O)[O-])CC1. The Morgan fingerprint density at radius 2 is 2.00 bits per heavy atom. The van der Waals surface area contributed by atoms with E-state index < -0.39 is 14.9 Å². The number of pyridine rings is 1. The summed E-state index contributed by atoms with van der Waals surface area (Å²) < 4.78 is 25.0. The highest BCUT2D eigenvalue weighted by molar-refractivity contribution is 7.89. The first kappa shape index (κ1) is 14.7. The number of piperazine rings is 1. The predicted molar refractivity (Wildman–Crippen MR) is 74.1 cm³/mol. The lowest BCUT2D eigenvalue weighted by molar-refractivity contribution is -0.384. The van der Waals surface area contributed by atoms with Crippen LogP contribution in [0.1, 0.15) is 6.92 Å². The van der Waals surface area contributed by atoms with Crippen molar-refractivity contribution in [2.75, 3.05) is 36.8 Å². The lowest BCUT2D eigenvalue weighted by Gasteiger charge is -2.34. The normalized spacial score (nSPS) is 17.1. The van der Waals surface area contributed by atoms with Crippen molar-refractivity contribution in [3.63, 3.8) is 0 Å². The van der Waals surface area contributed by atoms with Gasteiger partial charge in [0.2, 0.25) is 10.0 Å². The van der Waals surface area contributed by atoms with Gasteiger partial charge in [-0.25, -0.2) is 8.42 Å². The molecule has 0 aromatic carbocycles. The van der Waals surface area contributed by atoms with Gasteiger partial charge in [0.05, 0.1) is 10.7 Å². The summed E-state index contributed by atoms with van der Waals surface area (Å²) >= 11 is 0. The summed E-state index contributed by atoms with van der Waals surface area (Å²) in [5.74, 6) is 0.0718. The third kappa shape index (κ3) is 2.88. The Morgan fingerprint density at radius 1 is 1.35 bits per heavy atom. The molecule has 2 heterocycles. The van der Waals surface area contributed by atoms with E-state index in [1.165, 1.54) is 16.7 Å². The van der Waals surface area contributed by atoms with Gasteiger partial charge in [-0.2, -0.15) is 4.31 Å². The molecule has 1 fully saturated rings. The molecule has 0 aliphatic carbocycles. The average Bonchev–Trinajstić information content (AvgIpc) is 2.47. The first-order valence-corrected chi connectivity index (χ1v) is 7.88. The summed E-state index contributed by atoms with van der Waals surface area (Å²) in [5.41, 5.74) is 0.429. The van der Waals surface area contributed by atoms with Crippen molar-refractivity contribution in [1.29, 1.82) is 0 Å². The molecular weight excluding hydrogens is 284 g/mol. The summed E-state index contributed by atoms with van der Waals surface area (Å²) in [5, 5.41) is 11.0. The summed E-state index contributed by atoms with van der Waals surface area (Å²) in [6.45, 7) is 3.16. The second-order valence-corrected chi connectivity index (χ2v) is 6.67. The summed E-state index contributed by atoms with van der Waals surface area (Å²) in [6, 6.07) is 1.59. The maximum Gasteiger partial charge on any atom is 0.310 e. The molecule has 0 bridgehead atoms. The van der Waals surface area contributed by atoms with Crippen molar-refractivity contribution >= 4 is 21.4 Å². The van der Waals surface area contributed by atoms with Crippen LogP contribution in [0.4, 0.5) is 11.4 Å². The van der Waals surface area contributed by atoms with E-state index in [9.17, 15) is 18.5 Å². The summed E-state index contributed by atoms with van der Waals surface area (Å²) in [4.78, 5) is 16.1. The zero-order valence-corrected chi connectivity index (χ0v) is 11.9. The minimum absolute atomic E-state index is 0.0562. The highest BCUT2D eigenvalue weighted by Crippen LogP contribution is 2.27. The molecule has 0 N–H and O–H groups in total. The molecule has 1 aliphatic heterocycles. The largest absolute Gasteiger partial charge is 0.363 e. The third-order valence-electron chi connectivity index (χ3n) is 3.31. The predicted octanol–water partition coefficient (Wildman–Crippen LogP) is 0.462. The number of hydrogen-bond acceptors (Lipinski definition) is 6. The fourth-order valence-corrected chi connectivity index (χ4v) is 3.26. The van der Waals surface area contributed by atoms with E-state index in [-0.39, 0.29) is 11.4 Å². The van der Waals surface area contributed by atoms with E-state index in [1.54, 1.807) is 13.0 Å². The van der Waals surface area contributed by atoms with Crippen molar-refractivity contribution in [1.82, 2.24) is 9.29 Å². The molecule has 9 heteroatoms. The van der Waals surface area contributed by atoms with Gasteiger partial charge >= 0.3 is 5.69 Å². The molecule has 0 radical (unpaired) electrons. The first-order valence-electron chi connectivity index (χ1n) is 6.27. The van der Waals surface area contributed by atoms with Crippen LogP contribution in [0.25, 0.3) is 0 Å². The lowest BCUT2D eigenvalue weighted by Crippen LogP contribution is -2.49. The molecule has 0 unspecified atom stereocenters. The van der Waals surface area contributed by atoms with Gasteiger partial charge in [0.25, 0.3) is 0 Å². The molecule has 110 valence electrons. The molecule has 1 aromatic heterocycles. The molecule has 0 spiro atoms. The minimum atomic E-state index is -3.19. The Balaban J connectivity index is 2.14. The highest BCUT2D eigenvalue weighted by Gasteiger charge is 2.28. The number of sulfonamides is 1. The molecule has 1 aliphatic rings. The van der Waals surface area contributed by atoms with Crippen LogP contribution in [-0.2, 0) is 10.0 Å². The number of rotatable bonds is 4. The molecule has 0 amide bonds. The highest BCUT2D eigenvalue weighted by atomic mass is 32.2. The number of nitrogens with zero attached hydrogens (tertiary/aromatic N) is 4. The number of aromatic nitrogens is 1. The van der Waals surface area contributed by atoms with E-state index in [0.29, 0.717) is 31.9 Å². The Kier molecular flexibility index (Phi) is 4.19. The Morgan fingerprint density at radius 3 is 2.55 bits per heavy atom. The number of hydrogen-bond donors (Lipinski definition) is 0. The topological polar surface area (TPSA) is 96.7 Å². The average molecular weight is 300 g/mol. The minimum Gasteiger partial charge on any atom is -0.363 e. The van der Waals surface area contributed by atoms with Crippen LogP contribution in [0.2, 0.25) is 0 Å². The van der Waals surface area contributed by atoms with Crippen LogP contribution >= 0.6 is 0 Å². The Bertz CT molecular complexity index is 596. The zero-order chi connectivity index (χ0) is 14.8. The Labute approximate surface area is 117 Å². The molecule has 0 saturated carbocycles. The van der Waals surface area contributed by atoms with Gasteiger partial charge in [-0.15, -0.1) is 0 Å². The van der Waals surface area contributed by atoms with Gasteiger partial charge < -0.3 is 4.90 Å². The monoisotopic (exact) mass is 300 g/mol. The van der Waals surface area contributed by atoms with Crippen molar-refractivity contribution in [3.8, 4) is 0 Å². The van der Waals surface area contributed by atoms with Crippen LogP contribution < -0.4 is 4.90 Å². The smallest absolute Gasteiger partial charge is 0.310 e. The fraction of sp³-hybridized carbons (Fsp3) is 0.545. The third-order valence-corrected chi connectivity index (χ3v) is 5.19. The van der Waals surface area contributed by atoms with E-state index in [1.807, 2.05) is 4.90 Å². The van der Waals surface area contributed by atoms with Crippen molar-refractivity contribution in [2.24, 2.45) is 0 Å². The summed E-state index contributed by atoms with van der Waals surface area (Å²) in [7, 11) is -3.19. The first-order chi connectivity index (χ1) is 9.45. The lowest BCUT2D eigenvalue weighted by atomic mass is 10.2. The van der Waals surface area contributed by atoms with Crippen molar-refractivity contribution < 1.29 is 13.3 Å². The van der Waals surface area contributed by atoms with Crippen LogP contribution in [0.3, 0.4) is 0 Å². The molecular formula is C11H16N4O4S. The number of anilines is 1. The van der Waals surface area contributed by atoms with Gasteiger partial charge in [0, 0.05) is 32.4 Å². The summed E-state index contributed by atoms with van der Waals surface area (Å²) in [6.07, 6.45) is 2.71. The number of nitro groups is 1. The molecule has 1 saturated heterocycles. The standard InChI is InChI=1S/C11H16N4O4S/c1-2-20(18,19)14-7-5-13(6-8-14)10-3-4-12-9-11(10)15(16)17/h3-4,9H,2,5-8H2,1H3.